The predicted octanol–water partition coefficient (Wildman–Crippen LogP) is 3.94. The van der Waals surface area contributed by atoms with Crippen LogP contribution in [0.1, 0.15) is 65.7 Å². The number of unbranched alkanes of at least 4 members (excludes halogenated alkanes) is 4. The predicted molar refractivity (Wildman–Crippen MR) is 61.4 cm³/mol. The number of rotatable bonds is 6. The molecule has 0 N–H and O–H groups in total. The maximum Gasteiger partial charge on any atom is 0.305 e. The first kappa shape index (κ1) is 15.9. The Hall–Kier alpha value is -0.530. The molecule has 0 aliphatic heterocycles. The highest BCUT2D eigenvalue weighted by Crippen LogP contribution is 2.04. The van der Waals surface area contributed by atoms with Gasteiger partial charge in [-0.05, 0) is 6.42 Å². The molecule has 0 heterocycles. The molecule has 2 heteroatoms. The van der Waals surface area contributed by atoms with Crippen LogP contribution < -0.4 is 0 Å². The second kappa shape index (κ2) is 15.0. The first-order valence-corrected chi connectivity index (χ1v) is 5.79. The van der Waals surface area contributed by atoms with E-state index in [1.54, 1.807) is 0 Å². The van der Waals surface area contributed by atoms with E-state index in [1.165, 1.54) is 32.8 Å². The van der Waals surface area contributed by atoms with Crippen molar-refractivity contribution in [1.82, 2.24) is 0 Å². The van der Waals surface area contributed by atoms with Gasteiger partial charge in [0, 0.05) is 6.42 Å². The summed E-state index contributed by atoms with van der Waals surface area (Å²) in [5.41, 5.74) is 0. The minimum atomic E-state index is -0.0819. The third-order valence-corrected chi connectivity index (χ3v) is 1.71. The molecule has 0 aromatic heterocycles. The van der Waals surface area contributed by atoms with Gasteiger partial charge in [-0.1, -0.05) is 52.9 Å². The van der Waals surface area contributed by atoms with Gasteiger partial charge in [0.25, 0.3) is 0 Å². The van der Waals surface area contributed by atoms with Gasteiger partial charge in [-0.2, -0.15) is 0 Å². The molecule has 0 aromatic rings. The van der Waals surface area contributed by atoms with Crippen molar-refractivity contribution < 1.29 is 9.53 Å². The van der Waals surface area contributed by atoms with Crippen molar-refractivity contribution in [1.29, 1.82) is 0 Å². The fourth-order valence-electron chi connectivity index (χ4n) is 0.975. The van der Waals surface area contributed by atoms with Crippen LogP contribution in [0.5, 0.6) is 0 Å². The zero-order valence-electron chi connectivity index (χ0n) is 10.3. The van der Waals surface area contributed by atoms with Crippen molar-refractivity contribution in [2.75, 3.05) is 7.11 Å². The number of carbonyl (C=O) groups is 1. The van der Waals surface area contributed by atoms with E-state index in [2.05, 4.69) is 25.5 Å². The lowest BCUT2D eigenvalue weighted by atomic mass is 10.1. The van der Waals surface area contributed by atoms with Gasteiger partial charge in [0.2, 0.25) is 0 Å². The van der Waals surface area contributed by atoms with Crippen LogP contribution in [-0.4, -0.2) is 13.1 Å². The molecule has 0 radical (unpaired) electrons. The Balaban J connectivity index is 0. The second-order valence-corrected chi connectivity index (χ2v) is 3.45. The number of esters is 1. The number of carbonyl (C=O) groups excluding carboxylic acids is 1. The van der Waals surface area contributed by atoms with Gasteiger partial charge in [0.1, 0.15) is 0 Å². The third-order valence-electron chi connectivity index (χ3n) is 1.71. The fraction of sp³-hybridized carbons (Fsp3) is 0.917. The zero-order valence-corrected chi connectivity index (χ0v) is 10.3. The topological polar surface area (TPSA) is 26.3 Å². The summed E-state index contributed by atoms with van der Waals surface area (Å²) in [5.74, 6) is -0.0819. The van der Waals surface area contributed by atoms with Gasteiger partial charge in [0.05, 0.1) is 7.11 Å². The van der Waals surface area contributed by atoms with Crippen molar-refractivity contribution in [2.45, 2.75) is 65.7 Å². The van der Waals surface area contributed by atoms with Gasteiger partial charge in [-0.25, -0.2) is 0 Å². The molecule has 0 fully saturated rings. The van der Waals surface area contributed by atoms with E-state index < -0.39 is 0 Å². The molecule has 0 atom stereocenters. The Labute approximate surface area is 89.0 Å². The minimum absolute atomic E-state index is 0.0819. The van der Waals surface area contributed by atoms with Crippen LogP contribution in [0.15, 0.2) is 0 Å². The fourth-order valence-corrected chi connectivity index (χ4v) is 0.975. The molecule has 14 heavy (non-hydrogen) atoms. The van der Waals surface area contributed by atoms with E-state index in [1.807, 2.05) is 0 Å². The first-order chi connectivity index (χ1) is 6.72. The Morgan fingerprint density at radius 1 is 1.00 bits per heavy atom. The molecule has 0 unspecified atom stereocenters. The van der Waals surface area contributed by atoms with Crippen LogP contribution >= 0.6 is 0 Å². The van der Waals surface area contributed by atoms with Crippen molar-refractivity contribution in [2.24, 2.45) is 0 Å². The van der Waals surface area contributed by atoms with E-state index in [0.717, 1.165) is 12.8 Å². The molecule has 0 bridgehead atoms. The van der Waals surface area contributed by atoms with E-state index >= 15 is 0 Å². The monoisotopic (exact) mass is 202 g/mol. The number of hydrogen-bond acceptors (Lipinski definition) is 2. The molecule has 0 aromatic carbocycles. The first-order valence-electron chi connectivity index (χ1n) is 5.79. The summed E-state index contributed by atoms with van der Waals surface area (Å²) in [5, 5.41) is 0. The average Bonchev–Trinajstić information content (AvgIpc) is 2.18. The Bertz CT molecular complexity index is 111. The molecule has 86 valence electrons. The van der Waals surface area contributed by atoms with E-state index in [-0.39, 0.29) is 5.97 Å². The molecule has 2 nitrogen and oxygen atoms in total. The van der Waals surface area contributed by atoms with Crippen LogP contribution in [0.4, 0.5) is 0 Å². The standard InChI is InChI=1S/C9H18O2.C3H8/c1-3-4-5-6-7-8-9(10)11-2;1-3-2/h3-8H2,1-2H3;3H2,1-2H3. The number of hydrogen-bond donors (Lipinski definition) is 0. The molecular formula is C12H26O2. The molecule has 0 amide bonds. The van der Waals surface area contributed by atoms with Gasteiger partial charge in [-0.15, -0.1) is 0 Å². The summed E-state index contributed by atoms with van der Waals surface area (Å²) in [6.07, 6.45) is 7.74. The lowest BCUT2D eigenvalue weighted by molar-refractivity contribution is -0.140. The van der Waals surface area contributed by atoms with Crippen LogP contribution in [0, 0.1) is 0 Å². The largest absolute Gasteiger partial charge is 0.469 e. The number of ether oxygens (including phenoxy) is 1. The third kappa shape index (κ3) is 17.5. The van der Waals surface area contributed by atoms with Crippen molar-refractivity contribution in [3.8, 4) is 0 Å². The molecule has 0 spiro atoms. The van der Waals surface area contributed by atoms with Gasteiger partial charge < -0.3 is 4.74 Å². The van der Waals surface area contributed by atoms with Crippen molar-refractivity contribution in [3.63, 3.8) is 0 Å². The highest BCUT2D eigenvalue weighted by atomic mass is 16.5. The average molecular weight is 202 g/mol. The summed E-state index contributed by atoms with van der Waals surface area (Å²) in [6, 6.07) is 0. The smallest absolute Gasteiger partial charge is 0.305 e. The van der Waals surface area contributed by atoms with Crippen molar-refractivity contribution in [3.05, 3.63) is 0 Å². The van der Waals surface area contributed by atoms with Crippen LogP contribution in [0.2, 0.25) is 0 Å². The summed E-state index contributed by atoms with van der Waals surface area (Å²) in [6.45, 7) is 6.43. The second-order valence-electron chi connectivity index (χ2n) is 3.45. The Morgan fingerprint density at radius 3 is 1.93 bits per heavy atom. The summed E-state index contributed by atoms with van der Waals surface area (Å²) in [4.78, 5) is 10.6. The van der Waals surface area contributed by atoms with Crippen LogP contribution in [-0.2, 0) is 9.53 Å². The van der Waals surface area contributed by atoms with Crippen LogP contribution in [0.25, 0.3) is 0 Å². The molecule has 0 saturated heterocycles. The minimum Gasteiger partial charge on any atom is -0.469 e. The molecule has 0 aliphatic carbocycles. The van der Waals surface area contributed by atoms with Crippen LogP contribution in [0.3, 0.4) is 0 Å². The Kier molecular flexibility index (Phi) is 17.0. The normalized spacial score (nSPS) is 8.86. The maximum atomic E-state index is 10.6. The SMILES string of the molecule is CCC.CCCCCCCC(=O)OC. The molecule has 0 rings (SSSR count). The van der Waals surface area contributed by atoms with E-state index in [9.17, 15) is 4.79 Å². The summed E-state index contributed by atoms with van der Waals surface area (Å²) >= 11 is 0. The summed E-state index contributed by atoms with van der Waals surface area (Å²) < 4.78 is 4.52. The number of methoxy groups -OCH3 is 1. The maximum absolute atomic E-state index is 10.6. The summed E-state index contributed by atoms with van der Waals surface area (Å²) in [7, 11) is 1.44. The van der Waals surface area contributed by atoms with Gasteiger partial charge >= 0.3 is 5.97 Å². The highest BCUT2D eigenvalue weighted by Gasteiger charge is 1.97. The molecule has 0 aliphatic rings. The quantitative estimate of drug-likeness (QED) is 0.482. The highest BCUT2D eigenvalue weighted by molar-refractivity contribution is 5.68. The molecule has 0 saturated carbocycles. The lowest BCUT2D eigenvalue weighted by Gasteiger charge is -1.98. The molecular weight excluding hydrogens is 176 g/mol. The Morgan fingerprint density at radius 2 is 1.50 bits per heavy atom. The van der Waals surface area contributed by atoms with Gasteiger partial charge in [-0.3, -0.25) is 4.79 Å². The van der Waals surface area contributed by atoms with E-state index in [0.29, 0.717) is 6.42 Å². The lowest BCUT2D eigenvalue weighted by Crippen LogP contribution is -1.98. The van der Waals surface area contributed by atoms with Gasteiger partial charge in [0.15, 0.2) is 0 Å². The van der Waals surface area contributed by atoms with Crippen molar-refractivity contribution >= 4 is 5.97 Å². The van der Waals surface area contributed by atoms with E-state index in [4.69, 9.17) is 0 Å². The zero-order chi connectivity index (χ0) is 11.2.